The van der Waals surface area contributed by atoms with E-state index in [2.05, 4.69) is 14.8 Å². The van der Waals surface area contributed by atoms with Crippen molar-refractivity contribution in [1.29, 1.82) is 0 Å². The minimum Gasteiger partial charge on any atom is -0.465 e. The lowest BCUT2D eigenvalue weighted by Crippen LogP contribution is -2.18. The lowest BCUT2D eigenvalue weighted by molar-refractivity contribution is 0.0587. The maximum atomic E-state index is 12.8. The number of carbonyl (C=O) groups excluding carboxylic acids is 3. The summed E-state index contributed by atoms with van der Waals surface area (Å²) in [5, 5.41) is 2.57. The van der Waals surface area contributed by atoms with Crippen molar-refractivity contribution >= 4 is 39.2 Å². The highest BCUT2D eigenvalue weighted by molar-refractivity contribution is 7.92. The Morgan fingerprint density at radius 2 is 1.55 bits per heavy atom. The van der Waals surface area contributed by atoms with Crippen LogP contribution in [0.2, 0.25) is 0 Å². The van der Waals surface area contributed by atoms with Crippen LogP contribution >= 0.6 is 0 Å². The van der Waals surface area contributed by atoms with Gasteiger partial charge in [-0.25, -0.2) is 18.0 Å². The molecule has 0 radical (unpaired) electrons. The molecule has 29 heavy (non-hydrogen) atoms. The van der Waals surface area contributed by atoms with Crippen LogP contribution in [-0.2, 0) is 19.5 Å². The summed E-state index contributed by atoms with van der Waals surface area (Å²) >= 11 is 0. The topological polar surface area (TPSA) is 128 Å². The Labute approximate surface area is 168 Å². The van der Waals surface area contributed by atoms with Gasteiger partial charge in [0, 0.05) is 5.56 Å². The van der Waals surface area contributed by atoms with E-state index in [1.165, 1.54) is 50.6 Å². The van der Waals surface area contributed by atoms with Crippen molar-refractivity contribution in [2.75, 3.05) is 30.5 Å². The number of amides is 1. The summed E-state index contributed by atoms with van der Waals surface area (Å²) in [4.78, 5) is 36.6. The van der Waals surface area contributed by atoms with Crippen LogP contribution in [0.1, 0.15) is 36.6 Å². The quantitative estimate of drug-likeness (QED) is 0.686. The zero-order valence-corrected chi connectivity index (χ0v) is 17.0. The molecule has 0 heterocycles. The Kier molecular flexibility index (Phi) is 6.60. The van der Waals surface area contributed by atoms with E-state index in [1.807, 2.05) is 0 Å². The molecular weight excluding hydrogens is 400 g/mol. The summed E-state index contributed by atoms with van der Waals surface area (Å²) in [7, 11) is -1.14. The molecule has 2 rings (SSSR count). The van der Waals surface area contributed by atoms with Crippen molar-refractivity contribution in [2.24, 2.45) is 0 Å². The molecule has 9 nitrogen and oxygen atoms in total. The number of anilines is 2. The van der Waals surface area contributed by atoms with Crippen molar-refractivity contribution in [1.82, 2.24) is 0 Å². The predicted octanol–water partition coefficient (Wildman–Crippen LogP) is 2.19. The minimum absolute atomic E-state index is 0.0385. The number of nitrogens with one attached hydrogen (secondary N) is 2. The fourth-order valence-corrected chi connectivity index (χ4v) is 3.18. The maximum Gasteiger partial charge on any atom is 0.339 e. The highest BCUT2D eigenvalue weighted by Crippen LogP contribution is 2.24. The van der Waals surface area contributed by atoms with E-state index in [9.17, 15) is 22.8 Å². The van der Waals surface area contributed by atoms with Gasteiger partial charge in [0.25, 0.3) is 5.91 Å². The SMILES string of the molecule is COC(=O)c1ccc(C(=O)OC)c(NC(=O)c2cccc(NS(C)(=O)=O)c2C)c1. The molecular formula is C19H20N2O7S. The lowest BCUT2D eigenvalue weighted by atomic mass is 10.0. The molecule has 0 spiro atoms. The Morgan fingerprint density at radius 1 is 0.897 bits per heavy atom. The summed E-state index contributed by atoms with van der Waals surface area (Å²) in [6.07, 6.45) is 1.00. The number of hydrogen-bond donors (Lipinski definition) is 2. The number of sulfonamides is 1. The third kappa shape index (κ3) is 5.32. The molecule has 0 saturated heterocycles. The molecule has 2 aromatic carbocycles. The fourth-order valence-electron chi connectivity index (χ4n) is 2.56. The van der Waals surface area contributed by atoms with Crippen LogP contribution in [-0.4, -0.2) is 46.7 Å². The smallest absolute Gasteiger partial charge is 0.339 e. The minimum atomic E-state index is -3.53. The van der Waals surface area contributed by atoms with Crippen LogP contribution in [0.15, 0.2) is 36.4 Å². The number of benzene rings is 2. The maximum absolute atomic E-state index is 12.8. The number of ether oxygens (including phenoxy) is 2. The van der Waals surface area contributed by atoms with Gasteiger partial charge < -0.3 is 14.8 Å². The molecule has 0 fully saturated rings. The molecule has 2 aromatic rings. The molecule has 0 aliphatic rings. The fraction of sp³-hybridized carbons (Fsp3) is 0.211. The van der Waals surface area contributed by atoms with E-state index in [0.717, 1.165) is 6.26 Å². The normalized spacial score (nSPS) is 10.8. The van der Waals surface area contributed by atoms with Gasteiger partial charge in [0.2, 0.25) is 10.0 Å². The third-order valence-corrected chi connectivity index (χ3v) is 4.56. The average Bonchev–Trinajstić information content (AvgIpc) is 2.67. The zero-order chi connectivity index (χ0) is 21.8. The van der Waals surface area contributed by atoms with E-state index in [-0.39, 0.29) is 28.1 Å². The van der Waals surface area contributed by atoms with Gasteiger partial charge in [0.05, 0.1) is 43.0 Å². The van der Waals surface area contributed by atoms with Crippen LogP contribution in [0.5, 0.6) is 0 Å². The molecule has 0 bridgehead atoms. The molecule has 154 valence electrons. The van der Waals surface area contributed by atoms with Crippen molar-refractivity contribution < 1.29 is 32.3 Å². The van der Waals surface area contributed by atoms with Gasteiger partial charge in [-0.1, -0.05) is 6.07 Å². The Balaban J connectivity index is 2.45. The summed E-state index contributed by atoms with van der Waals surface area (Å²) in [6.45, 7) is 1.58. The number of esters is 2. The zero-order valence-electron chi connectivity index (χ0n) is 16.2. The standard InChI is InChI=1S/C19H20N2O7S/c1-11-13(6-5-7-15(11)21-29(4,25)26)17(22)20-16-10-12(18(23)27-2)8-9-14(16)19(24)28-3/h5-10,21H,1-4H3,(H,20,22). The largest absolute Gasteiger partial charge is 0.465 e. The summed E-state index contributed by atoms with van der Waals surface area (Å²) in [5.74, 6) is -1.96. The van der Waals surface area contributed by atoms with Crippen LogP contribution in [0.3, 0.4) is 0 Å². The van der Waals surface area contributed by atoms with Gasteiger partial charge in [-0.05, 0) is 42.8 Å². The third-order valence-electron chi connectivity index (χ3n) is 3.97. The number of hydrogen-bond acceptors (Lipinski definition) is 7. The highest BCUT2D eigenvalue weighted by Gasteiger charge is 2.19. The van der Waals surface area contributed by atoms with E-state index >= 15 is 0 Å². The van der Waals surface area contributed by atoms with Gasteiger partial charge in [-0.3, -0.25) is 9.52 Å². The molecule has 2 N–H and O–H groups in total. The average molecular weight is 420 g/mol. The van der Waals surface area contributed by atoms with Gasteiger partial charge in [-0.15, -0.1) is 0 Å². The lowest BCUT2D eigenvalue weighted by Gasteiger charge is -2.14. The Bertz CT molecular complexity index is 1080. The first-order valence-corrected chi connectivity index (χ1v) is 10.2. The molecule has 0 aliphatic heterocycles. The molecule has 0 saturated carbocycles. The molecule has 0 aromatic heterocycles. The first-order valence-electron chi connectivity index (χ1n) is 8.26. The predicted molar refractivity (Wildman–Crippen MR) is 107 cm³/mol. The van der Waals surface area contributed by atoms with E-state index < -0.39 is 27.9 Å². The molecule has 1 amide bonds. The van der Waals surface area contributed by atoms with Crippen molar-refractivity contribution in [3.05, 3.63) is 58.7 Å². The van der Waals surface area contributed by atoms with E-state index in [1.54, 1.807) is 6.92 Å². The van der Waals surface area contributed by atoms with Gasteiger partial charge in [0.15, 0.2) is 0 Å². The van der Waals surface area contributed by atoms with Crippen molar-refractivity contribution in [3.63, 3.8) is 0 Å². The number of methoxy groups -OCH3 is 2. The highest BCUT2D eigenvalue weighted by atomic mass is 32.2. The van der Waals surface area contributed by atoms with E-state index in [4.69, 9.17) is 4.74 Å². The Morgan fingerprint density at radius 3 is 2.14 bits per heavy atom. The van der Waals surface area contributed by atoms with Crippen molar-refractivity contribution in [3.8, 4) is 0 Å². The summed E-state index contributed by atoms with van der Waals surface area (Å²) in [5.41, 5.74) is 1.02. The van der Waals surface area contributed by atoms with Gasteiger partial charge in [-0.2, -0.15) is 0 Å². The molecule has 10 heteroatoms. The van der Waals surface area contributed by atoms with Crippen LogP contribution < -0.4 is 10.0 Å². The first kappa shape index (κ1) is 21.9. The van der Waals surface area contributed by atoms with Crippen molar-refractivity contribution in [2.45, 2.75) is 6.92 Å². The summed E-state index contributed by atoms with van der Waals surface area (Å²) < 4.78 is 34.7. The number of carbonyl (C=O) groups is 3. The second-order valence-corrected chi connectivity index (χ2v) is 7.80. The van der Waals surface area contributed by atoms with Gasteiger partial charge >= 0.3 is 11.9 Å². The second kappa shape index (κ2) is 8.74. The summed E-state index contributed by atoms with van der Waals surface area (Å²) in [6, 6.07) is 8.54. The van der Waals surface area contributed by atoms with Gasteiger partial charge in [0.1, 0.15) is 0 Å². The molecule has 0 aliphatic carbocycles. The van der Waals surface area contributed by atoms with Crippen LogP contribution in [0, 0.1) is 6.92 Å². The Hall–Kier alpha value is -3.40. The number of rotatable bonds is 6. The molecule has 0 unspecified atom stereocenters. The second-order valence-electron chi connectivity index (χ2n) is 6.05. The van der Waals surface area contributed by atoms with Crippen LogP contribution in [0.25, 0.3) is 0 Å². The first-order chi connectivity index (χ1) is 13.6. The van der Waals surface area contributed by atoms with E-state index in [0.29, 0.717) is 5.56 Å². The van der Waals surface area contributed by atoms with Crippen LogP contribution in [0.4, 0.5) is 11.4 Å². The molecule has 0 atom stereocenters. The monoisotopic (exact) mass is 420 g/mol.